The third kappa shape index (κ3) is 5.22. The summed E-state index contributed by atoms with van der Waals surface area (Å²) in [5.41, 5.74) is 8.13. The first-order valence-electron chi connectivity index (χ1n) is 17.2. The Bertz CT molecular complexity index is 2230. The number of benzene rings is 2. The van der Waals surface area contributed by atoms with E-state index < -0.39 is 5.41 Å². The molecule has 2 saturated heterocycles. The molecule has 0 saturated carbocycles. The van der Waals surface area contributed by atoms with Gasteiger partial charge in [-0.25, -0.2) is 9.97 Å². The lowest BCUT2D eigenvalue weighted by Gasteiger charge is -2.29. The number of aliphatic imine (C=N–C) groups is 1. The topological polar surface area (TPSA) is 126 Å². The molecule has 7 heterocycles. The summed E-state index contributed by atoms with van der Waals surface area (Å²) in [4.78, 5) is 47.5. The summed E-state index contributed by atoms with van der Waals surface area (Å²) < 4.78 is 7.09. The Morgan fingerprint density at radius 2 is 1.80 bits per heavy atom. The molecule has 0 aliphatic carbocycles. The van der Waals surface area contributed by atoms with Gasteiger partial charge in [-0.3, -0.25) is 29.1 Å². The van der Waals surface area contributed by atoms with Crippen LogP contribution >= 0.6 is 0 Å². The lowest BCUT2D eigenvalue weighted by molar-refractivity contribution is -0.132. The molecule has 2 amide bonds. The Labute approximate surface area is 289 Å². The van der Waals surface area contributed by atoms with Crippen molar-refractivity contribution in [1.29, 1.82) is 0 Å². The molecule has 2 aromatic carbocycles. The molecule has 50 heavy (non-hydrogen) atoms. The van der Waals surface area contributed by atoms with Gasteiger partial charge in [0.25, 0.3) is 0 Å². The largest absolute Gasteiger partial charge is 0.356 e. The first-order valence-corrected chi connectivity index (χ1v) is 17.2. The van der Waals surface area contributed by atoms with E-state index in [0.29, 0.717) is 50.9 Å². The maximum absolute atomic E-state index is 14.0. The van der Waals surface area contributed by atoms with E-state index in [-0.39, 0.29) is 11.8 Å². The Morgan fingerprint density at radius 3 is 2.60 bits per heavy atom. The van der Waals surface area contributed by atoms with Gasteiger partial charge in [0.05, 0.1) is 35.6 Å². The fraction of sp³-hybridized carbons (Fsp3) is 0.342. The average molecular weight is 668 g/mol. The van der Waals surface area contributed by atoms with Gasteiger partial charge in [0.15, 0.2) is 11.4 Å². The van der Waals surface area contributed by atoms with E-state index in [1.807, 2.05) is 66.2 Å². The smallest absolute Gasteiger partial charge is 0.237 e. The second-order valence-electron chi connectivity index (χ2n) is 13.9. The molecule has 12 heteroatoms. The molecule has 252 valence electrons. The molecule has 1 spiro atoms. The van der Waals surface area contributed by atoms with Crippen molar-refractivity contribution in [3.63, 3.8) is 0 Å². The number of aromatic nitrogens is 5. The molecule has 0 N–H and O–H groups in total. The number of hydrogen-bond acceptors (Lipinski definition) is 9. The highest BCUT2D eigenvalue weighted by atomic mass is 16.5. The zero-order valence-electron chi connectivity index (χ0n) is 28.2. The van der Waals surface area contributed by atoms with Crippen molar-refractivity contribution in [2.75, 3.05) is 44.2 Å². The molecule has 3 aromatic heterocycles. The van der Waals surface area contributed by atoms with E-state index in [1.165, 1.54) is 5.57 Å². The van der Waals surface area contributed by atoms with E-state index in [0.717, 1.165) is 76.1 Å². The van der Waals surface area contributed by atoms with Gasteiger partial charge in [-0.05, 0) is 68.1 Å². The third-order valence-corrected chi connectivity index (χ3v) is 10.8. The van der Waals surface area contributed by atoms with Gasteiger partial charge in [-0.15, -0.1) is 0 Å². The van der Waals surface area contributed by atoms with Gasteiger partial charge in [0.1, 0.15) is 12.1 Å². The molecule has 0 radical (unpaired) electrons. The summed E-state index contributed by atoms with van der Waals surface area (Å²) in [6.45, 7) is 6.03. The summed E-state index contributed by atoms with van der Waals surface area (Å²) in [5, 5.41) is 9.42. The van der Waals surface area contributed by atoms with Crippen molar-refractivity contribution in [2.24, 2.45) is 17.5 Å². The Hall–Kier alpha value is -5.49. The zero-order valence-corrected chi connectivity index (χ0v) is 28.2. The highest BCUT2D eigenvalue weighted by molar-refractivity contribution is 6.15. The molecule has 0 unspecified atom stereocenters. The number of aryl methyl sites for hydroxylation is 2. The highest BCUT2D eigenvalue weighted by Crippen LogP contribution is 2.42. The van der Waals surface area contributed by atoms with Gasteiger partial charge < -0.3 is 9.42 Å². The van der Waals surface area contributed by atoms with Crippen molar-refractivity contribution >= 4 is 39.9 Å². The number of rotatable bonds is 6. The summed E-state index contributed by atoms with van der Waals surface area (Å²) in [6.07, 6.45) is 6.17. The van der Waals surface area contributed by atoms with E-state index in [9.17, 15) is 9.59 Å². The molecule has 12 nitrogen and oxygen atoms in total. The highest BCUT2D eigenvalue weighted by Gasteiger charge is 2.51. The predicted octanol–water partition coefficient (Wildman–Crippen LogP) is 4.42. The Balaban J connectivity index is 0.832. The monoisotopic (exact) mass is 667 g/mol. The normalized spacial score (nSPS) is 20.6. The predicted molar refractivity (Wildman–Crippen MR) is 188 cm³/mol. The van der Waals surface area contributed by atoms with Gasteiger partial charge >= 0.3 is 0 Å². The van der Waals surface area contributed by atoms with Crippen LogP contribution in [-0.2, 0) is 23.2 Å². The summed E-state index contributed by atoms with van der Waals surface area (Å²) in [7, 11) is 1.86. The number of likely N-dealkylation sites (tertiary alicyclic amines) is 1. The Kier molecular flexibility index (Phi) is 7.23. The van der Waals surface area contributed by atoms with Crippen LogP contribution in [-0.4, -0.2) is 91.5 Å². The first kappa shape index (κ1) is 30.6. The van der Waals surface area contributed by atoms with E-state index >= 15 is 0 Å². The van der Waals surface area contributed by atoms with Crippen LogP contribution in [0.15, 0.2) is 76.5 Å². The standard InChI is InChI=1S/C38H37N9O3/c1-24-30-19-28(7-9-31(30)50-43-24)34-35-29(20-39-34)8-10-32(41-35)47-18-14-38(37(47)49)13-17-45(22-38)21-33(48)46-15-11-26(12-16-46)25-3-5-27(6-4-25)36-40-23-44(2)42-36/h3-11,19,23H,12-18,20-22H2,1-2H3/t38-/m0/s1. The van der Waals surface area contributed by atoms with Crippen molar-refractivity contribution in [2.45, 2.75) is 32.7 Å². The molecule has 9 rings (SSSR count). The van der Waals surface area contributed by atoms with Gasteiger partial charge in [-0.1, -0.05) is 41.6 Å². The first-order chi connectivity index (χ1) is 24.3. The van der Waals surface area contributed by atoms with Gasteiger partial charge in [-0.2, -0.15) is 5.10 Å². The van der Waals surface area contributed by atoms with Gasteiger partial charge in [0, 0.05) is 55.3 Å². The maximum Gasteiger partial charge on any atom is 0.237 e. The van der Waals surface area contributed by atoms with Crippen molar-refractivity contribution < 1.29 is 14.1 Å². The number of fused-ring (bicyclic) bond motifs is 2. The summed E-state index contributed by atoms with van der Waals surface area (Å²) >= 11 is 0. The van der Waals surface area contributed by atoms with Crippen LogP contribution < -0.4 is 4.90 Å². The van der Waals surface area contributed by atoms with Crippen LogP contribution in [0.1, 0.15) is 47.3 Å². The van der Waals surface area contributed by atoms with Crippen LogP contribution in [0.4, 0.5) is 5.82 Å². The van der Waals surface area contributed by atoms with Crippen LogP contribution in [0.25, 0.3) is 27.9 Å². The van der Waals surface area contributed by atoms with Crippen molar-refractivity contribution in [3.8, 4) is 11.4 Å². The number of pyridine rings is 1. The number of carbonyl (C=O) groups is 2. The minimum Gasteiger partial charge on any atom is -0.356 e. The molecule has 0 bridgehead atoms. The minimum atomic E-state index is -0.485. The lowest BCUT2D eigenvalue weighted by atomic mass is 9.85. The van der Waals surface area contributed by atoms with E-state index in [2.05, 4.69) is 38.3 Å². The molecule has 5 aromatic rings. The van der Waals surface area contributed by atoms with Crippen molar-refractivity contribution in [3.05, 3.63) is 95.1 Å². The molecule has 4 aliphatic rings. The SMILES string of the molecule is Cc1noc2ccc(C3=NCc4ccc(N5CC[C@]6(CCN(CC(=O)N7CC=C(c8ccc(-c9ncn(C)n9)cc8)CC7)C6)C5=O)nc43)cc12. The molecule has 4 aliphatic heterocycles. The minimum absolute atomic E-state index is 0.105. The van der Waals surface area contributed by atoms with E-state index in [4.69, 9.17) is 14.5 Å². The fourth-order valence-electron chi connectivity index (χ4n) is 7.90. The number of nitrogens with zero attached hydrogens (tertiary/aromatic N) is 9. The number of anilines is 1. The summed E-state index contributed by atoms with van der Waals surface area (Å²) in [5.74, 6) is 1.59. The van der Waals surface area contributed by atoms with Crippen LogP contribution in [0.3, 0.4) is 0 Å². The molecule has 2 fully saturated rings. The third-order valence-electron chi connectivity index (χ3n) is 10.8. The number of carbonyl (C=O) groups excluding carboxylic acids is 2. The van der Waals surface area contributed by atoms with Gasteiger partial charge in [0.2, 0.25) is 11.8 Å². The second kappa shape index (κ2) is 11.8. The van der Waals surface area contributed by atoms with Crippen molar-refractivity contribution in [1.82, 2.24) is 34.7 Å². The van der Waals surface area contributed by atoms with Crippen LogP contribution in [0.5, 0.6) is 0 Å². The van der Waals surface area contributed by atoms with E-state index in [1.54, 1.807) is 11.0 Å². The number of hydrogen-bond donors (Lipinski definition) is 0. The lowest BCUT2D eigenvalue weighted by Crippen LogP contribution is -2.43. The Morgan fingerprint density at radius 1 is 0.980 bits per heavy atom. The molecular weight excluding hydrogens is 630 g/mol. The van der Waals surface area contributed by atoms with Crippen LogP contribution in [0.2, 0.25) is 0 Å². The average Bonchev–Trinajstić information content (AvgIpc) is 3.98. The molecular formula is C38H37N9O3. The molecule has 1 atom stereocenters. The second-order valence-corrected chi connectivity index (χ2v) is 13.9. The number of amides is 2. The quantitative estimate of drug-likeness (QED) is 0.261. The summed E-state index contributed by atoms with van der Waals surface area (Å²) in [6, 6.07) is 18.2. The van der Waals surface area contributed by atoms with Crippen LogP contribution in [0, 0.1) is 12.3 Å². The fourth-order valence-corrected chi connectivity index (χ4v) is 7.90. The maximum atomic E-state index is 14.0. The zero-order chi connectivity index (χ0) is 34.0.